The molecule has 0 spiro atoms. The van der Waals surface area contributed by atoms with Crippen LogP contribution in [0.2, 0.25) is 0 Å². The number of ether oxygens (including phenoxy) is 1. The van der Waals surface area contributed by atoms with E-state index >= 15 is 0 Å². The molecular formula is C16H22N2O2. The zero-order valence-electron chi connectivity index (χ0n) is 12.0. The maximum atomic E-state index is 12.5. The van der Waals surface area contributed by atoms with Crippen molar-refractivity contribution in [1.82, 2.24) is 4.90 Å². The summed E-state index contributed by atoms with van der Waals surface area (Å²) < 4.78 is 5.55. The smallest absolute Gasteiger partial charge is 0.322 e. The zero-order valence-corrected chi connectivity index (χ0v) is 12.0. The Morgan fingerprint density at radius 1 is 1.35 bits per heavy atom. The molecule has 0 unspecified atom stereocenters. The maximum Gasteiger partial charge on any atom is 0.322 e. The Labute approximate surface area is 120 Å². The van der Waals surface area contributed by atoms with Gasteiger partial charge in [0.15, 0.2) is 0 Å². The van der Waals surface area contributed by atoms with Crippen LogP contribution >= 0.6 is 0 Å². The van der Waals surface area contributed by atoms with E-state index in [4.69, 9.17) is 4.74 Å². The number of carbonyl (C=O) groups excluding carboxylic acids is 1. The number of likely N-dealkylation sites (tertiary alicyclic amines) is 1. The highest BCUT2D eigenvalue weighted by molar-refractivity contribution is 5.91. The molecular weight excluding hydrogens is 252 g/mol. The normalized spacial score (nSPS) is 24.6. The van der Waals surface area contributed by atoms with Gasteiger partial charge in [-0.1, -0.05) is 18.6 Å². The number of benzene rings is 1. The second kappa shape index (κ2) is 5.73. The molecule has 1 saturated heterocycles. The molecule has 1 aliphatic heterocycles. The minimum Gasteiger partial charge on any atom is -0.492 e. The topological polar surface area (TPSA) is 41.6 Å². The van der Waals surface area contributed by atoms with Gasteiger partial charge < -0.3 is 15.0 Å². The summed E-state index contributed by atoms with van der Waals surface area (Å²) in [6.07, 6.45) is 4.86. The fourth-order valence-corrected chi connectivity index (χ4v) is 3.53. The van der Waals surface area contributed by atoms with Crippen molar-refractivity contribution in [2.24, 2.45) is 5.92 Å². The molecule has 20 heavy (non-hydrogen) atoms. The summed E-state index contributed by atoms with van der Waals surface area (Å²) in [7, 11) is 0. The molecule has 3 rings (SSSR count). The molecule has 108 valence electrons. The van der Waals surface area contributed by atoms with Gasteiger partial charge in [-0.25, -0.2) is 4.79 Å². The molecule has 0 radical (unpaired) electrons. The number of para-hydroxylation sites is 2. The van der Waals surface area contributed by atoms with E-state index in [1.807, 2.05) is 36.1 Å². The third kappa shape index (κ3) is 2.47. The van der Waals surface area contributed by atoms with Crippen molar-refractivity contribution in [2.75, 3.05) is 18.5 Å². The molecule has 2 atom stereocenters. The molecule has 1 aliphatic carbocycles. The monoisotopic (exact) mass is 274 g/mol. The predicted molar refractivity (Wildman–Crippen MR) is 79.1 cm³/mol. The van der Waals surface area contributed by atoms with Crippen LogP contribution in [0.3, 0.4) is 0 Å². The summed E-state index contributed by atoms with van der Waals surface area (Å²) in [5.41, 5.74) is 0.765. The van der Waals surface area contributed by atoms with Crippen molar-refractivity contribution in [3.05, 3.63) is 24.3 Å². The summed E-state index contributed by atoms with van der Waals surface area (Å²) in [5, 5.41) is 3.01. The van der Waals surface area contributed by atoms with Crippen LogP contribution < -0.4 is 10.1 Å². The first-order chi connectivity index (χ1) is 9.79. The maximum absolute atomic E-state index is 12.5. The first-order valence-electron chi connectivity index (χ1n) is 7.59. The van der Waals surface area contributed by atoms with Crippen LogP contribution in [0.5, 0.6) is 5.75 Å². The van der Waals surface area contributed by atoms with Gasteiger partial charge in [0, 0.05) is 12.6 Å². The fraction of sp³-hybridized carbons (Fsp3) is 0.562. The Bertz CT molecular complexity index is 489. The molecule has 1 aromatic rings. The van der Waals surface area contributed by atoms with Gasteiger partial charge in [0.05, 0.1) is 12.3 Å². The number of nitrogens with one attached hydrogen (secondary N) is 1. The Morgan fingerprint density at radius 3 is 3.05 bits per heavy atom. The first kappa shape index (κ1) is 13.3. The molecule has 1 aromatic carbocycles. The molecule has 0 bridgehead atoms. The van der Waals surface area contributed by atoms with Crippen LogP contribution in [0.4, 0.5) is 10.5 Å². The van der Waals surface area contributed by atoms with E-state index < -0.39 is 0 Å². The van der Waals surface area contributed by atoms with Crippen LogP contribution in [0.25, 0.3) is 0 Å². The van der Waals surface area contributed by atoms with E-state index in [2.05, 4.69) is 5.32 Å². The van der Waals surface area contributed by atoms with Crippen LogP contribution in [0, 0.1) is 5.92 Å². The van der Waals surface area contributed by atoms with Crippen molar-refractivity contribution < 1.29 is 9.53 Å². The van der Waals surface area contributed by atoms with Crippen molar-refractivity contribution in [3.8, 4) is 5.75 Å². The molecule has 1 saturated carbocycles. The van der Waals surface area contributed by atoms with E-state index in [1.54, 1.807) is 0 Å². The van der Waals surface area contributed by atoms with Crippen LogP contribution in [0.1, 0.15) is 32.6 Å². The summed E-state index contributed by atoms with van der Waals surface area (Å²) in [5.74, 6) is 1.47. The van der Waals surface area contributed by atoms with Gasteiger partial charge in [-0.05, 0) is 44.2 Å². The van der Waals surface area contributed by atoms with Crippen molar-refractivity contribution in [3.63, 3.8) is 0 Å². The lowest BCUT2D eigenvalue weighted by atomic mass is 10.1. The fourth-order valence-electron chi connectivity index (χ4n) is 3.53. The lowest BCUT2D eigenvalue weighted by Crippen LogP contribution is -2.39. The van der Waals surface area contributed by atoms with Gasteiger partial charge in [0.1, 0.15) is 5.75 Å². The number of urea groups is 1. The standard InChI is InChI=1S/C16H22N2O2/c1-2-20-15-9-4-3-7-13(15)17-16(19)18-11-10-12-6-5-8-14(12)18/h3-4,7,9,12,14H,2,5-6,8,10-11H2,1H3,(H,17,19)/t12-,14-/m0/s1. The highest BCUT2D eigenvalue weighted by Gasteiger charge is 2.39. The number of anilines is 1. The Kier molecular flexibility index (Phi) is 3.81. The number of amides is 2. The average molecular weight is 274 g/mol. The van der Waals surface area contributed by atoms with Crippen LogP contribution in [-0.4, -0.2) is 30.1 Å². The average Bonchev–Trinajstić information content (AvgIpc) is 3.03. The van der Waals surface area contributed by atoms with Gasteiger partial charge in [0.2, 0.25) is 0 Å². The number of carbonyl (C=O) groups is 1. The highest BCUT2D eigenvalue weighted by Crippen LogP contribution is 2.38. The van der Waals surface area contributed by atoms with Crippen molar-refractivity contribution in [1.29, 1.82) is 0 Å². The number of hydrogen-bond acceptors (Lipinski definition) is 2. The van der Waals surface area contributed by atoms with E-state index in [1.165, 1.54) is 12.8 Å². The largest absolute Gasteiger partial charge is 0.492 e. The molecule has 0 aromatic heterocycles. The quantitative estimate of drug-likeness (QED) is 0.916. The minimum atomic E-state index is 0.0200. The molecule has 4 heteroatoms. The predicted octanol–water partition coefficient (Wildman–Crippen LogP) is 3.49. The van der Waals surface area contributed by atoms with Gasteiger partial charge >= 0.3 is 6.03 Å². The van der Waals surface area contributed by atoms with Gasteiger partial charge in [-0.3, -0.25) is 0 Å². The SMILES string of the molecule is CCOc1ccccc1NC(=O)N1CC[C@@H]2CCC[C@@H]21. The molecule has 1 N–H and O–H groups in total. The van der Waals surface area contributed by atoms with E-state index in [0.717, 1.165) is 36.7 Å². The molecule has 4 nitrogen and oxygen atoms in total. The first-order valence-corrected chi connectivity index (χ1v) is 7.59. The Morgan fingerprint density at radius 2 is 2.20 bits per heavy atom. The van der Waals surface area contributed by atoms with E-state index in [0.29, 0.717) is 12.6 Å². The minimum absolute atomic E-state index is 0.0200. The second-order valence-electron chi connectivity index (χ2n) is 5.60. The summed E-state index contributed by atoms with van der Waals surface area (Å²) >= 11 is 0. The number of rotatable bonds is 3. The number of fused-ring (bicyclic) bond motifs is 1. The Balaban J connectivity index is 1.70. The molecule has 1 heterocycles. The van der Waals surface area contributed by atoms with Gasteiger partial charge in [-0.2, -0.15) is 0 Å². The van der Waals surface area contributed by atoms with E-state index in [-0.39, 0.29) is 6.03 Å². The molecule has 2 aliphatic rings. The van der Waals surface area contributed by atoms with Crippen molar-refractivity contribution >= 4 is 11.7 Å². The van der Waals surface area contributed by atoms with Crippen LogP contribution in [0.15, 0.2) is 24.3 Å². The van der Waals surface area contributed by atoms with Crippen LogP contribution in [-0.2, 0) is 0 Å². The summed E-state index contributed by atoms with van der Waals surface area (Å²) in [6.45, 7) is 3.43. The zero-order chi connectivity index (χ0) is 13.9. The summed E-state index contributed by atoms with van der Waals surface area (Å²) in [6, 6.07) is 8.09. The highest BCUT2D eigenvalue weighted by atomic mass is 16.5. The van der Waals surface area contributed by atoms with Gasteiger partial charge in [-0.15, -0.1) is 0 Å². The molecule has 2 fully saturated rings. The summed E-state index contributed by atoms with van der Waals surface area (Å²) in [4.78, 5) is 14.5. The second-order valence-corrected chi connectivity index (χ2v) is 5.60. The Hall–Kier alpha value is -1.71. The van der Waals surface area contributed by atoms with Gasteiger partial charge in [0.25, 0.3) is 0 Å². The van der Waals surface area contributed by atoms with E-state index in [9.17, 15) is 4.79 Å². The molecule has 2 amide bonds. The number of nitrogens with zero attached hydrogens (tertiary/aromatic N) is 1. The third-order valence-corrected chi connectivity index (χ3v) is 4.45. The lowest BCUT2D eigenvalue weighted by Gasteiger charge is -2.24. The van der Waals surface area contributed by atoms with Crippen molar-refractivity contribution in [2.45, 2.75) is 38.6 Å². The number of hydrogen-bond donors (Lipinski definition) is 1. The third-order valence-electron chi connectivity index (χ3n) is 4.45. The lowest BCUT2D eigenvalue weighted by molar-refractivity contribution is 0.203.